The topological polar surface area (TPSA) is 90.1 Å². The predicted octanol–water partition coefficient (Wildman–Crippen LogP) is 3.47. The van der Waals surface area contributed by atoms with E-state index in [1.165, 1.54) is 7.11 Å². The van der Waals surface area contributed by atoms with Crippen LogP contribution in [0.25, 0.3) is 11.1 Å². The zero-order valence-electron chi connectivity index (χ0n) is 16.8. The number of carbonyl (C=O) groups excluding carboxylic acids is 1. The van der Waals surface area contributed by atoms with Crippen LogP contribution < -0.4 is 0 Å². The summed E-state index contributed by atoms with van der Waals surface area (Å²) in [4.78, 5) is 24.3. The Hall–Kier alpha value is -3.52. The molecule has 4 rings (SSSR count). The van der Waals surface area contributed by atoms with Gasteiger partial charge in [-0.05, 0) is 23.3 Å². The molecule has 154 valence electrons. The largest absolute Gasteiger partial charge is 0.399 e. The van der Waals surface area contributed by atoms with Crippen molar-refractivity contribution in [1.82, 2.24) is 15.0 Å². The van der Waals surface area contributed by atoms with Crippen LogP contribution in [0.15, 0.2) is 64.3 Å². The number of hydrogen-bond donors (Lipinski definition) is 0. The Morgan fingerprint density at radius 2 is 1.87 bits per heavy atom. The zero-order valence-corrected chi connectivity index (χ0v) is 16.8. The lowest BCUT2D eigenvalue weighted by molar-refractivity contribution is 0.0732. The van der Waals surface area contributed by atoms with Crippen LogP contribution in [0.4, 0.5) is 0 Å². The van der Waals surface area contributed by atoms with Crippen molar-refractivity contribution in [1.29, 1.82) is 0 Å². The van der Waals surface area contributed by atoms with Crippen LogP contribution in [0.5, 0.6) is 0 Å². The van der Waals surface area contributed by atoms with Crippen LogP contribution in [0.3, 0.4) is 0 Å². The Balaban J connectivity index is 1.59. The van der Waals surface area contributed by atoms with Crippen molar-refractivity contribution in [3.05, 3.63) is 71.9 Å². The Bertz CT molecular complexity index is 1030. The van der Waals surface area contributed by atoms with Gasteiger partial charge >= 0.3 is 0 Å². The van der Waals surface area contributed by atoms with Crippen LogP contribution >= 0.6 is 0 Å². The second kappa shape index (κ2) is 8.87. The summed E-state index contributed by atoms with van der Waals surface area (Å²) in [7, 11) is 3.04. The number of methoxy groups -OCH3 is 1. The van der Waals surface area contributed by atoms with E-state index < -0.39 is 0 Å². The van der Waals surface area contributed by atoms with Gasteiger partial charge in [-0.1, -0.05) is 52.8 Å². The molecule has 0 N–H and O–H groups in total. The van der Waals surface area contributed by atoms with E-state index in [0.29, 0.717) is 30.2 Å². The quantitative estimate of drug-likeness (QED) is 0.582. The molecule has 0 bridgehead atoms. The Kier molecular flexibility index (Phi) is 5.85. The zero-order chi connectivity index (χ0) is 20.9. The van der Waals surface area contributed by atoms with E-state index in [2.05, 4.69) is 15.3 Å². The van der Waals surface area contributed by atoms with Crippen LogP contribution in [0, 0.1) is 0 Å². The first-order valence-electron chi connectivity index (χ1n) is 9.56. The van der Waals surface area contributed by atoms with Gasteiger partial charge in [0.1, 0.15) is 19.8 Å². The first-order valence-corrected chi connectivity index (χ1v) is 9.56. The maximum Gasteiger partial charge on any atom is 0.254 e. The molecule has 1 unspecified atom stereocenters. The molecule has 2 aromatic carbocycles. The monoisotopic (exact) mass is 406 g/mol. The number of rotatable bonds is 6. The molecule has 0 aliphatic carbocycles. The molecule has 8 nitrogen and oxygen atoms in total. The maximum atomic E-state index is 13.3. The van der Waals surface area contributed by atoms with Crippen molar-refractivity contribution in [2.45, 2.75) is 19.1 Å². The van der Waals surface area contributed by atoms with Crippen molar-refractivity contribution >= 4 is 11.6 Å². The molecule has 8 heteroatoms. The molecule has 1 fully saturated rings. The van der Waals surface area contributed by atoms with Crippen LogP contribution in [0.1, 0.15) is 34.5 Å². The molecule has 1 atom stereocenters. The summed E-state index contributed by atoms with van der Waals surface area (Å²) in [5.41, 5.74) is 3.48. The van der Waals surface area contributed by atoms with Crippen molar-refractivity contribution < 1.29 is 18.9 Å². The molecule has 0 spiro atoms. The molecular weight excluding hydrogens is 384 g/mol. The van der Waals surface area contributed by atoms with E-state index in [9.17, 15) is 4.79 Å². The maximum absolute atomic E-state index is 13.3. The average Bonchev–Trinajstić information content (AvgIpc) is 3.42. The number of oxime groups is 1. The average molecular weight is 406 g/mol. The van der Waals surface area contributed by atoms with Gasteiger partial charge in [-0.3, -0.25) is 4.79 Å². The van der Waals surface area contributed by atoms with Gasteiger partial charge in [0, 0.05) is 19.1 Å². The summed E-state index contributed by atoms with van der Waals surface area (Å²) in [6.07, 6.45) is 0.480. The van der Waals surface area contributed by atoms with Gasteiger partial charge in [0.2, 0.25) is 0 Å². The number of carbonyl (C=O) groups is 1. The predicted molar refractivity (Wildman–Crippen MR) is 110 cm³/mol. The van der Waals surface area contributed by atoms with Gasteiger partial charge in [0.15, 0.2) is 5.82 Å². The lowest BCUT2D eigenvalue weighted by atomic mass is 10.0. The molecule has 0 radical (unpaired) electrons. The van der Waals surface area contributed by atoms with Crippen molar-refractivity contribution in [3.63, 3.8) is 0 Å². The standard InChI is InChI=1S/C22H22N4O4/c1-28-14-20-23-21(25-30-20)19-12-18(24-29-2)13-26(19)22(27)17-10-8-16(9-11-17)15-6-4-3-5-7-15/h3-11,19H,12-14H2,1-2H3. The highest BCUT2D eigenvalue weighted by Crippen LogP contribution is 2.31. The van der Waals surface area contributed by atoms with E-state index in [1.54, 1.807) is 12.0 Å². The molecule has 1 aliphatic rings. The SMILES string of the molecule is COCc1nc(C2CC(=NOC)CN2C(=O)c2ccc(-c3ccccc3)cc2)no1. The van der Waals surface area contributed by atoms with E-state index >= 15 is 0 Å². The summed E-state index contributed by atoms with van der Waals surface area (Å²) in [5, 5.41) is 8.07. The number of aromatic nitrogens is 2. The normalized spacial score (nSPS) is 17.5. The fourth-order valence-corrected chi connectivity index (χ4v) is 3.53. The summed E-state index contributed by atoms with van der Waals surface area (Å²) < 4.78 is 10.3. The summed E-state index contributed by atoms with van der Waals surface area (Å²) in [5.74, 6) is 0.667. The van der Waals surface area contributed by atoms with E-state index in [0.717, 1.165) is 16.8 Å². The van der Waals surface area contributed by atoms with Gasteiger partial charge in [-0.15, -0.1) is 0 Å². The Morgan fingerprint density at radius 3 is 2.57 bits per heavy atom. The number of ether oxygens (including phenoxy) is 1. The molecule has 3 aromatic rings. The fraction of sp³-hybridized carbons (Fsp3) is 0.273. The third kappa shape index (κ3) is 4.08. The first kappa shape index (κ1) is 19.8. The second-order valence-corrected chi connectivity index (χ2v) is 6.92. The Labute approximate surface area is 174 Å². The van der Waals surface area contributed by atoms with E-state index in [4.69, 9.17) is 14.1 Å². The molecule has 1 amide bonds. The fourth-order valence-electron chi connectivity index (χ4n) is 3.53. The number of amides is 1. The van der Waals surface area contributed by atoms with Gasteiger partial charge in [0.25, 0.3) is 11.8 Å². The van der Waals surface area contributed by atoms with Crippen LogP contribution in [0.2, 0.25) is 0 Å². The second-order valence-electron chi connectivity index (χ2n) is 6.92. The summed E-state index contributed by atoms with van der Waals surface area (Å²) >= 11 is 0. The lowest BCUT2D eigenvalue weighted by Crippen LogP contribution is -2.31. The molecule has 0 saturated carbocycles. The minimum Gasteiger partial charge on any atom is -0.399 e. The number of likely N-dealkylation sites (tertiary alicyclic amines) is 1. The van der Waals surface area contributed by atoms with Crippen molar-refractivity contribution in [2.75, 3.05) is 20.8 Å². The first-order chi connectivity index (χ1) is 14.7. The number of hydrogen-bond acceptors (Lipinski definition) is 7. The molecule has 1 aromatic heterocycles. The van der Waals surface area contributed by atoms with Crippen molar-refractivity contribution in [2.24, 2.45) is 5.16 Å². The van der Waals surface area contributed by atoms with Gasteiger partial charge in [0.05, 0.1) is 12.3 Å². The highest BCUT2D eigenvalue weighted by molar-refractivity contribution is 6.00. The number of benzene rings is 2. The molecule has 1 saturated heterocycles. The lowest BCUT2D eigenvalue weighted by Gasteiger charge is -2.21. The van der Waals surface area contributed by atoms with Gasteiger partial charge in [-0.2, -0.15) is 4.98 Å². The number of nitrogens with zero attached hydrogens (tertiary/aromatic N) is 4. The smallest absolute Gasteiger partial charge is 0.254 e. The minimum atomic E-state index is -0.380. The minimum absolute atomic E-state index is 0.126. The molecule has 2 heterocycles. The third-order valence-corrected chi connectivity index (χ3v) is 4.93. The summed E-state index contributed by atoms with van der Waals surface area (Å²) in [6, 6.07) is 17.2. The van der Waals surface area contributed by atoms with Gasteiger partial charge in [-0.25, -0.2) is 0 Å². The third-order valence-electron chi connectivity index (χ3n) is 4.93. The Morgan fingerprint density at radius 1 is 1.13 bits per heavy atom. The molecular formula is C22H22N4O4. The van der Waals surface area contributed by atoms with Crippen LogP contribution in [-0.4, -0.2) is 47.4 Å². The van der Waals surface area contributed by atoms with E-state index in [-0.39, 0.29) is 18.6 Å². The summed E-state index contributed by atoms with van der Waals surface area (Å²) in [6.45, 7) is 0.555. The van der Waals surface area contributed by atoms with Crippen LogP contribution in [-0.2, 0) is 16.2 Å². The highest BCUT2D eigenvalue weighted by Gasteiger charge is 2.37. The van der Waals surface area contributed by atoms with E-state index in [1.807, 2.05) is 54.6 Å². The van der Waals surface area contributed by atoms with Gasteiger partial charge < -0.3 is 19.0 Å². The molecule has 30 heavy (non-hydrogen) atoms. The highest BCUT2D eigenvalue weighted by atomic mass is 16.6. The molecule has 1 aliphatic heterocycles. The van der Waals surface area contributed by atoms with Crippen molar-refractivity contribution in [3.8, 4) is 11.1 Å².